The monoisotopic (exact) mass is 279 g/mol. The van der Waals surface area contributed by atoms with Crippen molar-refractivity contribution in [3.63, 3.8) is 0 Å². The molecule has 1 aliphatic rings. The Morgan fingerprint density at radius 2 is 1.89 bits per heavy atom. The van der Waals surface area contributed by atoms with Gasteiger partial charge in [-0.3, -0.25) is 0 Å². The summed E-state index contributed by atoms with van der Waals surface area (Å²) in [6.45, 7) is 7.02. The lowest BCUT2D eigenvalue weighted by Gasteiger charge is -2.36. The topological polar surface area (TPSA) is 12.0 Å². The van der Waals surface area contributed by atoms with E-state index in [2.05, 4.69) is 38.2 Å². The second-order valence-electron chi connectivity index (χ2n) is 6.18. The Balaban J connectivity index is 2.03. The first-order valence-electron chi connectivity index (χ1n) is 7.61. The van der Waals surface area contributed by atoms with Crippen molar-refractivity contribution in [2.45, 2.75) is 58.5 Å². The van der Waals surface area contributed by atoms with E-state index in [-0.39, 0.29) is 0 Å². The fourth-order valence-electron chi connectivity index (χ4n) is 3.17. The van der Waals surface area contributed by atoms with Gasteiger partial charge in [-0.15, -0.1) is 0 Å². The minimum Gasteiger partial charge on any atom is -0.307 e. The Bertz CT molecular complexity index is 387. The van der Waals surface area contributed by atoms with Gasteiger partial charge < -0.3 is 5.32 Å². The molecule has 2 heteroatoms. The second-order valence-corrected chi connectivity index (χ2v) is 6.62. The third-order valence-corrected chi connectivity index (χ3v) is 4.81. The van der Waals surface area contributed by atoms with Crippen molar-refractivity contribution in [2.24, 2.45) is 11.8 Å². The molecular formula is C17H26ClN. The third-order valence-electron chi connectivity index (χ3n) is 4.55. The van der Waals surface area contributed by atoms with Crippen molar-refractivity contribution in [3.05, 3.63) is 34.9 Å². The number of nitrogens with one attached hydrogen (secondary N) is 1. The van der Waals surface area contributed by atoms with Crippen molar-refractivity contribution in [1.29, 1.82) is 0 Å². The van der Waals surface area contributed by atoms with Gasteiger partial charge in [-0.2, -0.15) is 0 Å². The summed E-state index contributed by atoms with van der Waals surface area (Å²) in [5, 5.41) is 4.70. The quantitative estimate of drug-likeness (QED) is 0.798. The molecule has 0 bridgehead atoms. The van der Waals surface area contributed by atoms with E-state index in [1.54, 1.807) is 0 Å². The first-order valence-corrected chi connectivity index (χ1v) is 7.99. The highest BCUT2D eigenvalue weighted by Crippen LogP contribution is 2.31. The highest BCUT2D eigenvalue weighted by molar-refractivity contribution is 6.30. The Hall–Kier alpha value is -0.530. The number of rotatable bonds is 4. The lowest BCUT2D eigenvalue weighted by molar-refractivity contribution is 0.211. The maximum atomic E-state index is 5.97. The van der Waals surface area contributed by atoms with Gasteiger partial charge in [0, 0.05) is 17.1 Å². The predicted molar refractivity (Wildman–Crippen MR) is 83.6 cm³/mol. The largest absolute Gasteiger partial charge is 0.307 e. The van der Waals surface area contributed by atoms with Crippen LogP contribution in [0.5, 0.6) is 0 Å². The van der Waals surface area contributed by atoms with Gasteiger partial charge in [0.15, 0.2) is 0 Å². The zero-order valence-electron chi connectivity index (χ0n) is 12.3. The van der Waals surface area contributed by atoms with Crippen LogP contribution >= 0.6 is 11.6 Å². The standard InChI is InChI=1S/C17H26ClN/c1-4-16(14-7-9-15(18)10-8-14)19-17-11-12(2)5-6-13(17)3/h7-10,12-13,16-17,19H,4-6,11H2,1-3H3. The Kier molecular flexibility index (Phi) is 5.29. The van der Waals surface area contributed by atoms with E-state index in [4.69, 9.17) is 11.6 Å². The van der Waals surface area contributed by atoms with Gasteiger partial charge in [-0.25, -0.2) is 0 Å². The summed E-state index contributed by atoms with van der Waals surface area (Å²) in [5.74, 6) is 1.65. The molecule has 1 aliphatic carbocycles. The molecule has 0 spiro atoms. The van der Waals surface area contributed by atoms with Crippen molar-refractivity contribution in [1.82, 2.24) is 5.32 Å². The molecule has 1 N–H and O–H groups in total. The van der Waals surface area contributed by atoms with E-state index >= 15 is 0 Å². The fraction of sp³-hybridized carbons (Fsp3) is 0.647. The van der Waals surface area contributed by atoms with Gasteiger partial charge in [0.25, 0.3) is 0 Å². The summed E-state index contributed by atoms with van der Waals surface area (Å²) < 4.78 is 0. The van der Waals surface area contributed by atoms with Gasteiger partial charge in [0.2, 0.25) is 0 Å². The minimum atomic E-state index is 0.454. The van der Waals surface area contributed by atoms with Crippen molar-refractivity contribution in [3.8, 4) is 0 Å². The van der Waals surface area contributed by atoms with Crippen LogP contribution in [0.2, 0.25) is 5.02 Å². The molecule has 0 amide bonds. The molecule has 1 aromatic carbocycles. The van der Waals surface area contributed by atoms with E-state index < -0.39 is 0 Å². The summed E-state index contributed by atoms with van der Waals surface area (Å²) in [6, 6.07) is 9.41. The van der Waals surface area contributed by atoms with Gasteiger partial charge in [0.1, 0.15) is 0 Å². The average molecular weight is 280 g/mol. The molecule has 2 rings (SSSR count). The van der Waals surface area contributed by atoms with Crippen LogP contribution in [-0.2, 0) is 0 Å². The maximum Gasteiger partial charge on any atom is 0.0406 e. The normalized spacial score (nSPS) is 29.2. The second kappa shape index (κ2) is 6.76. The first kappa shape index (κ1) is 14.9. The molecule has 0 radical (unpaired) electrons. The average Bonchev–Trinajstić information content (AvgIpc) is 2.41. The number of hydrogen-bond acceptors (Lipinski definition) is 1. The molecule has 1 fully saturated rings. The number of benzene rings is 1. The smallest absolute Gasteiger partial charge is 0.0406 e. The molecule has 1 nitrogen and oxygen atoms in total. The summed E-state index contributed by atoms with van der Waals surface area (Å²) in [6.07, 6.45) is 5.18. The third kappa shape index (κ3) is 3.97. The van der Waals surface area contributed by atoms with Crippen LogP contribution in [0.25, 0.3) is 0 Å². The van der Waals surface area contributed by atoms with Crippen LogP contribution < -0.4 is 5.32 Å². The number of hydrogen-bond donors (Lipinski definition) is 1. The molecule has 0 heterocycles. The summed E-state index contributed by atoms with van der Waals surface area (Å²) in [5.41, 5.74) is 1.36. The molecular weight excluding hydrogens is 254 g/mol. The molecule has 4 unspecified atom stereocenters. The minimum absolute atomic E-state index is 0.454. The Labute approximate surface area is 122 Å². The summed E-state index contributed by atoms with van der Waals surface area (Å²) in [7, 11) is 0. The van der Waals surface area contributed by atoms with Crippen LogP contribution in [0.3, 0.4) is 0 Å². The Morgan fingerprint density at radius 1 is 1.21 bits per heavy atom. The van der Waals surface area contributed by atoms with Crippen molar-refractivity contribution >= 4 is 11.6 Å². The Morgan fingerprint density at radius 3 is 2.53 bits per heavy atom. The summed E-state index contributed by atoms with van der Waals surface area (Å²) >= 11 is 5.97. The predicted octanol–water partition coefficient (Wildman–Crippen LogP) is 5.21. The maximum absolute atomic E-state index is 5.97. The van der Waals surface area contributed by atoms with Crippen LogP contribution in [0.15, 0.2) is 24.3 Å². The highest BCUT2D eigenvalue weighted by Gasteiger charge is 2.27. The fourth-order valence-corrected chi connectivity index (χ4v) is 3.29. The van der Waals surface area contributed by atoms with Crippen LogP contribution in [-0.4, -0.2) is 6.04 Å². The number of halogens is 1. The van der Waals surface area contributed by atoms with E-state index in [1.165, 1.54) is 24.8 Å². The lowest BCUT2D eigenvalue weighted by Crippen LogP contribution is -2.41. The van der Waals surface area contributed by atoms with Crippen molar-refractivity contribution < 1.29 is 0 Å². The molecule has 0 aliphatic heterocycles. The zero-order chi connectivity index (χ0) is 13.8. The van der Waals surface area contributed by atoms with Crippen LogP contribution in [0.4, 0.5) is 0 Å². The molecule has 4 atom stereocenters. The molecule has 19 heavy (non-hydrogen) atoms. The zero-order valence-corrected chi connectivity index (χ0v) is 13.1. The lowest BCUT2D eigenvalue weighted by atomic mass is 9.79. The molecule has 1 saturated carbocycles. The van der Waals surface area contributed by atoms with Crippen LogP contribution in [0.1, 0.15) is 58.1 Å². The SMILES string of the molecule is CCC(NC1CC(C)CCC1C)c1ccc(Cl)cc1. The van der Waals surface area contributed by atoms with E-state index in [0.717, 1.165) is 23.3 Å². The van der Waals surface area contributed by atoms with Gasteiger partial charge in [-0.05, 0) is 48.8 Å². The van der Waals surface area contributed by atoms with Crippen LogP contribution in [0, 0.1) is 11.8 Å². The van der Waals surface area contributed by atoms with Gasteiger partial charge >= 0.3 is 0 Å². The van der Waals surface area contributed by atoms with E-state index in [0.29, 0.717) is 12.1 Å². The first-order chi connectivity index (χ1) is 9.10. The molecule has 1 aromatic rings. The highest BCUT2D eigenvalue weighted by atomic mass is 35.5. The van der Waals surface area contributed by atoms with Gasteiger partial charge in [0.05, 0.1) is 0 Å². The van der Waals surface area contributed by atoms with Gasteiger partial charge in [-0.1, -0.05) is 50.9 Å². The summed E-state index contributed by atoms with van der Waals surface area (Å²) in [4.78, 5) is 0. The van der Waals surface area contributed by atoms with Crippen molar-refractivity contribution in [2.75, 3.05) is 0 Å². The molecule has 0 aromatic heterocycles. The van der Waals surface area contributed by atoms with E-state index in [9.17, 15) is 0 Å². The van der Waals surface area contributed by atoms with E-state index in [1.807, 2.05) is 12.1 Å². The molecule has 106 valence electrons. The molecule has 0 saturated heterocycles.